The lowest BCUT2D eigenvalue weighted by Crippen LogP contribution is -2.57. The third-order valence-electron chi connectivity index (χ3n) is 3.54. The molecule has 0 radical (unpaired) electrons. The standard InChI is InChI=1S/C12H25NO2/c1-4-7-13-12(10-14)6-8-15-11(3,5-2)9-12/h13-14H,4-10H2,1-3H3. The summed E-state index contributed by atoms with van der Waals surface area (Å²) in [4.78, 5) is 0. The van der Waals surface area contributed by atoms with Crippen LogP contribution in [0.2, 0.25) is 0 Å². The second-order valence-corrected chi connectivity index (χ2v) is 4.94. The number of aliphatic hydroxyl groups excluding tert-OH is 1. The minimum Gasteiger partial charge on any atom is -0.394 e. The monoisotopic (exact) mass is 215 g/mol. The van der Waals surface area contributed by atoms with E-state index in [2.05, 4.69) is 26.1 Å². The Kier molecular flexibility index (Phi) is 4.56. The molecule has 1 fully saturated rings. The molecule has 90 valence electrons. The van der Waals surface area contributed by atoms with Crippen molar-refractivity contribution < 1.29 is 9.84 Å². The van der Waals surface area contributed by atoms with Crippen molar-refractivity contribution in [3.63, 3.8) is 0 Å². The fourth-order valence-electron chi connectivity index (χ4n) is 2.31. The van der Waals surface area contributed by atoms with Crippen LogP contribution in [0.4, 0.5) is 0 Å². The summed E-state index contributed by atoms with van der Waals surface area (Å²) >= 11 is 0. The zero-order valence-corrected chi connectivity index (χ0v) is 10.3. The summed E-state index contributed by atoms with van der Waals surface area (Å²) in [7, 11) is 0. The molecule has 0 spiro atoms. The van der Waals surface area contributed by atoms with Crippen molar-refractivity contribution in [2.75, 3.05) is 19.8 Å². The number of aliphatic hydroxyl groups is 1. The van der Waals surface area contributed by atoms with Gasteiger partial charge in [0.2, 0.25) is 0 Å². The van der Waals surface area contributed by atoms with Gasteiger partial charge in [0.15, 0.2) is 0 Å². The Hall–Kier alpha value is -0.120. The van der Waals surface area contributed by atoms with Crippen LogP contribution in [0, 0.1) is 0 Å². The van der Waals surface area contributed by atoms with Crippen molar-refractivity contribution in [3.8, 4) is 0 Å². The van der Waals surface area contributed by atoms with Gasteiger partial charge in [0.1, 0.15) is 0 Å². The molecule has 1 rings (SSSR count). The first-order valence-electron chi connectivity index (χ1n) is 6.09. The molecule has 0 bridgehead atoms. The van der Waals surface area contributed by atoms with E-state index in [0.29, 0.717) is 0 Å². The first kappa shape index (κ1) is 12.9. The highest BCUT2D eigenvalue weighted by Crippen LogP contribution is 2.34. The van der Waals surface area contributed by atoms with Gasteiger partial charge in [-0.05, 0) is 39.2 Å². The predicted octanol–water partition coefficient (Wildman–Crippen LogP) is 1.70. The summed E-state index contributed by atoms with van der Waals surface area (Å²) in [6.45, 7) is 8.38. The molecule has 3 nitrogen and oxygen atoms in total. The van der Waals surface area contributed by atoms with Crippen LogP contribution >= 0.6 is 0 Å². The van der Waals surface area contributed by atoms with Crippen molar-refractivity contribution >= 4 is 0 Å². The van der Waals surface area contributed by atoms with Crippen LogP contribution in [0.1, 0.15) is 46.5 Å². The zero-order valence-electron chi connectivity index (χ0n) is 10.3. The SMILES string of the molecule is CCCNC1(CO)CCOC(C)(CC)C1. The van der Waals surface area contributed by atoms with Gasteiger partial charge in [-0.1, -0.05) is 13.8 Å². The summed E-state index contributed by atoms with van der Waals surface area (Å²) in [5.41, 5.74) is -0.180. The highest BCUT2D eigenvalue weighted by Gasteiger charge is 2.41. The van der Waals surface area contributed by atoms with E-state index in [1.165, 1.54) is 0 Å². The topological polar surface area (TPSA) is 41.5 Å². The average molecular weight is 215 g/mol. The average Bonchev–Trinajstić information content (AvgIpc) is 2.27. The van der Waals surface area contributed by atoms with Gasteiger partial charge in [-0.15, -0.1) is 0 Å². The molecular weight excluding hydrogens is 190 g/mol. The quantitative estimate of drug-likeness (QED) is 0.733. The van der Waals surface area contributed by atoms with E-state index < -0.39 is 0 Å². The first-order chi connectivity index (χ1) is 7.10. The number of ether oxygens (including phenoxy) is 1. The molecule has 1 aliphatic heterocycles. The van der Waals surface area contributed by atoms with Crippen molar-refractivity contribution in [2.24, 2.45) is 0 Å². The fraction of sp³-hybridized carbons (Fsp3) is 1.00. The third kappa shape index (κ3) is 3.16. The molecule has 0 aromatic carbocycles. The lowest BCUT2D eigenvalue weighted by molar-refractivity contribution is -0.110. The van der Waals surface area contributed by atoms with Crippen LogP contribution in [0.5, 0.6) is 0 Å². The van der Waals surface area contributed by atoms with E-state index in [1.807, 2.05) is 0 Å². The van der Waals surface area contributed by atoms with E-state index >= 15 is 0 Å². The highest BCUT2D eigenvalue weighted by molar-refractivity contribution is 4.97. The molecule has 0 aromatic heterocycles. The van der Waals surface area contributed by atoms with Gasteiger partial charge in [-0.25, -0.2) is 0 Å². The Morgan fingerprint density at radius 2 is 2.13 bits per heavy atom. The molecule has 1 aliphatic rings. The Labute approximate surface area is 93.2 Å². The van der Waals surface area contributed by atoms with Crippen LogP contribution in [0.15, 0.2) is 0 Å². The number of hydrogen-bond donors (Lipinski definition) is 2. The van der Waals surface area contributed by atoms with Crippen LogP contribution in [-0.4, -0.2) is 36.0 Å². The molecule has 3 heteroatoms. The number of nitrogens with one attached hydrogen (secondary N) is 1. The van der Waals surface area contributed by atoms with Crippen molar-refractivity contribution in [1.82, 2.24) is 5.32 Å². The lowest BCUT2D eigenvalue weighted by Gasteiger charge is -2.46. The molecule has 1 heterocycles. The highest BCUT2D eigenvalue weighted by atomic mass is 16.5. The van der Waals surface area contributed by atoms with E-state index in [9.17, 15) is 5.11 Å². The maximum atomic E-state index is 9.58. The minimum absolute atomic E-state index is 0.0677. The fourth-order valence-corrected chi connectivity index (χ4v) is 2.31. The second-order valence-electron chi connectivity index (χ2n) is 4.94. The van der Waals surface area contributed by atoms with Crippen LogP contribution in [-0.2, 0) is 4.74 Å². The zero-order chi connectivity index (χ0) is 11.4. The van der Waals surface area contributed by atoms with Gasteiger partial charge < -0.3 is 15.2 Å². The summed E-state index contributed by atoms with van der Waals surface area (Å²) in [6.07, 6.45) is 3.93. The van der Waals surface area contributed by atoms with Gasteiger partial charge in [-0.2, -0.15) is 0 Å². The maximum Gasteiger partial charge on any atom is 0.0670 e. The Morgan fingerprint density at radius 3 is 2.67 bits per heavy atom. The Morgan fingerprint density at radius 1 is 1.40 bits per heavy atom. The molecule has 2 unspecified atom stereocenters. The normalized spacial score (nSPS) is 36.8. The molecule has 0 aromatic rings. The summed E-state index contributed by atoms with van der Waals surface area (Å²) in [6, 6.07) is 0. The first-order valence-corrected chi connectivity index (χ1v) is 6.09. The van der Waals surface area contributed by atoms with E-state index in [1.54, 1.807) is 0 Å². The summed E-state index contributed by atoms with van der Waals surface area (Å²) in [5.74, 6) is 0. The molecule has 0 amide bonds. The van der Waals surface area contributed by atoms with Gasteiger partial charge >= 0.3 is 0 Å². The Bertz CT molecular complexity index is 198. The number of hydrogen-bond acceptors (Lipinski definition) is 3. The molecule has 2 N–H and O–H groups in total. The molecular formula is C12H25NO2. The van der Waals surface area contributed by atoms with Crippen molar-refractivity contribution in [2.45, 2.75) is 57.6 Å². The van der Waals surface area contributed by atoms with Crippen LogP contribution < -0.4 is 5.32 Å². The predicted molar refractivity (Wildman–Crippen MR) is 62.0 cm³/mol. The molecule has 0 saturated carbocycles. The maximum absolute atomic E-state index is 9.58. The van der Waals surface area contributed by atoms with Gasteiger partial charge in [0, 0.05) is 12.1 Å². The van der Waals surface area contributed by atoms with E-state index in [0.717, 1.165) is 38.8 Å². The van der Waals surface area contributed by atoms with Gasteiger partial charge in [-0.3, -0.25) is 0 Å². The number of rotatable bonds is 5. The summed E-state index contributed by atoms with van der Waals surface area (Å²) < 4.78 is 5.80. The third-order valence-corrected chi connectivity index (χ3v) is 3.54. The van der Waals surface area contributed by atoms with E-state index in [-0.39, 0.29) is 17.7 Å². The smallest absolute Gasteiger partial charge is 0.0670 e. The van der Waals surface area contributed by atoms with Crippen LogP contribution in [0.25, 0.3) is 0 Å². The molecule has 0 aliphatic carbocycles. The van der Waals surface area contributed by atoms with Crippen molar-refractivity contribution in [3.05, 3.63) is 0 Å². The van der Waals surface area contributed by atoms with Gasteiger partial charge in [0.25, 0.3) is 0 Å². The lowest BCUT2D eigenvalue weighted by atomic mass is 9.79. The molecule has 1 saturated heterocycles. The molecule has 15 heavy (non-hydrogen) atoms. The largest absolute Gasteiger partial charge is 0.394 e. The molecule has 2 atom stereocenters. The van der Waals surface area contributed by atoms with Gasteiger partial charge in [0.05, 0.1) is 12.2 Å². The second kappa shape index (κ2) is 5.28. The summed E-state index contributed by atoms with van der Waals surface area (Å²) in [5, 5.41) is 13.1. The minimum atomic E-state index is -0.112. The van der Waals surface area contributed by atoms with Crippen LogP contribution in [0.3, 0.4) is 0 Å². The Balaban J connectivity index is 2.63. The van der Waals surface area contributed by atoms with E-state index in [4.69, 9.17) is 4.74 Å². The van der Waals surface area contributed by atoms with Crippen molar-refractivity contribution in [1.29, 1.82) is 0 Å².